The van der Waals surface area contributed by atoms with Crippen LogP contribution in [-0.4, -0.2) is 26.2 Å². The molecular weight excluding hydrogens is 271 g/mol. The first-order chi connectivity index (χ1) is 8.93. The molecule has 6 heteroatoms. The molecule has 106 valence electrons. The van der Waals surface area contributed by atoms with E-state index in [-0.39, 0.29) is 17.9 Å². The number of hydrogen-bond donors (Lipinski definition) is 0. The van der Waals surface area contributed by atoms with Gasteiger partial charge in [-0.1, -0.05) is 19.4 Å². The fourth-order valence-electron chi connectivity index (χ4n) is 1.71. The quantitative estimate of drug-likeness (QED) is 0.754. The molecule has 1 unspecified atom stereocenters. The highest BCUT2D eigenvalue weighted by atomic mass is 32.2. The maximum absolute atomic E-state index is 13.1. The van der Waals surface area contributed by atoms with Gasteiger partial charge in [-0.3, -0.25) is 4.79 Å². The molecule has 0 aromatic heterocycles. The zero-order valence-corrected chi connectivity index (χ0v) is 11.7. The zero-order chi connectivity index (χ0) is 14.5. The number of benzene rings is 1. The van der Waals surface area contributed by atoms with Crippen LogP contribution in [0.1, 0.15) is 26.7 Å². The van der Waals surface area contributed by atoms with Crippen LogP contribution in [0.4, 0.5) is 4.39 Å². The van der Waals surface area contributed by atoms with E-state index in [0.29, 0.717) is 6.42 Å². The number of rotatable bonds is 6. The highest BCUT2D eigenvalue weighted by Crippen LogP contribution is 2.21. The fourth-order valence-corrected chi connectivity index (χ4v) is 3.45. The van der Waals surface area contributed by atoms with Crippen molar-refractivity contribution in [1.29, 1.82) is 0 Å². The van der Waals surface area contributed by atoms with E-state index in [1.165, 1.54) is 12.1 Å². The second-order valence-electron chi connectivity index (χ2n) is 4.03. The van der Waals surface area contributed by atoms with Crippen LogP contribution in [0.2, 0.25) is 0 Å². The Morgan fingerprint density at radius 3 is 2.58 bits per heavy atom. The van der Waals surface area contributed by atoms with E-state index in [0.717, 1.165) is 12.1 Å². The Balaban J connectivity index is 3.16. The molecule has 0 saturated heterocycles. The van der Waals surface area contributed by atoms with Gasteiger partial charge in [0.2, 0.25) is 0 Å². The minimum absolute atomic E-state index is 0.109. The third-order valence-electron chi connectivity index (χ3n) is 2.60. The topological polar surface area (TPSA) is 60.4 Å². The second-order valence-corrected chi connectivity index (χ2v) is 6.16. The molecule has 0 fully saturated rings. The summed E-state index contributed by atoms with van der Waals surface area (Å²) in [5, 5.41) is -1.28. The molecule has 0 radical (unpaired) electrons. The number of hydrogen-bond acceptors (Lipinski definition) is 4. The lowest BCUT2D eigenvalue weighted by Gasteiger charge is -2.15. The van der Waals surface area contributed by atoms with Gasteiger partial charge in [-0.15, -0.1) is 0 Å². The monoisotopic (exact) mass is 288 g/mol. The highest BCUT2D eigenvalue weighted by molar-refractivity contribution is 7.92. The molecule has 0 aliphatic heterocycles. The van der Waals surface area contributed by atoms with E-state index in [4.69, 9.17) is 4.74 Å². The Morgan fingerprint density at radius 2 is 2.05 bits per heavy atom. The van der Waals surface area contributed by atoms with Crippen molar-refractivity contribution in [2.24, 2.45) is 0 Å². The van der Waals surface area contributed by atoms with Gasteiger partial charge in [0.1, 0.15) is 5.82 Å². The lowest BCUT2D eigenvalue weighted by atomic mass is 10.2. The second kappa shape index (κ2) is 6.65. The Bertz CT molecular complexity index is 539. The number of sulfone groups is 1. The largest absolute Gasteiger partial charge is 0.465 e. The third-order valence-corrected chi connectivity index (χ3v) is 4.69. The van der Waals surface area contributed by atoms with E-state index in [9.17, 15) is 17.6 Å². The summed E-state index contributed by atoms with van der Waals surface area (Å²) >= 11 is 0. The van der Waals surface area contributed by atoms with Crippen LogP contribution in [0.5, 0.6) is 0 Å². The van der Waals surface area contributed by atoms with Gasteiger partial charge in [0.25, 0.3) is 0 Å². The minimum atomic E-state index is -3.92. The Kier molecular flexibility index (Phi) is 5.47. The van der Waals surface area contributed by atoms with Crippen molar-refractivity contribution in [2.75, 3.05) is 6.61 Å². The first kappa shape index (κ1) is 15.6. The molecule has 0 spiro atoms. The van der Waals surface area contributed by atoms with Gasteiger partial charge in [-0.2, -0.15) is 0 Å². The van der Waals surface area contributed by atoms with E-state index >= 15 is 0 Å². The number of ether oxygens (including phenoxy) is 1. The maximum Gasteiger partial charge on any atom is 0.324 e. The van der Waals surface area contributed by atoms with E-state index < -0.39 is 26.9 Å². The van der Waals surface area contributed by atoms with E-state index in [2.05, 4.69) is 0 Å². The predicted molar refractivity (Wildman–Crippen MR) is 68.9 cm³/mol. The van der Waals surface area contributed by atoms with Crippen LogP contribution in [0.3, 0.4) is 0 Å². The third kappa shape index (κ3) is 3.76. The molecule has 0 aliphatic rings. The van der Waals surface area contributed by atoms with E-state index in [1.54, 1.807) is 13.8 Å². The zero-order valence-electron chi connectivity index (χ0n) is 10.9. The van der Waals surface area contributed by atoms with Gasteiger partial charge in [0.05, 0.1) is 11.5 Å². The Hall–Kier alpha value is -1.43. The molecule has 19 heavy (non-hydrogen) atoms. The number of carbonyl (C=O) groups is 1. The van der Waals surface area contributed by atoms with Crippen molar-refractivity contribution in [2.45, 2.75) is 36.8 Å². The lowest BCUT2D eigenvalue weighted by Crippen LogP contribution is -2.32. The van der Waals surface area contributed by atoms with Crippen molar-refractivity contribution in [3.05, 3.63) is 30.1 Å². The van der Waals surface area contributed by atoms with Gasteiger partial charge in [0, 0.05) is 0 Å². The number of halogens is 1. The van der Waals surface area contributed by atoms with Crippen molar-refractivity contribution >= 4 is 15.8 Å². The maximum atomic E-state index is 13.1. The fraction of sp³-hybridized carbons (Fsp3) is 0.462. The summed E-state index contributed by atoms with van der Waals surface area (Å²) < 4.78 is 42.5. The molecule has 0 heterocycles. The first-order valence-corrected chi connectivity index (χ1v) is 7.64. The summed E-state index contributed by atoms with van der Waals surface area (Å²) in [4.78, 5) is 11.5. The molecule has 1 atom stereocenters. The van der Waals surface area contributed by atoms with Gasteiger partial charge >= 0.3 is 5.97 Å². The summed E-state index contributed by atoms with van der Waals surface area (Å²) in [6.07, 6.45) is 0.662. The molecule has 0 saturated carbocycles. The normalized spacial score (nSPS) is 13.0. The molecule has 0 bridgehead atoms. The Labute approximate surface area is 112 Å². The van der Waals surface area contributed by atoms with Crippen molar-refractivity contribution in [3.63, 3.8) is 0 Å². The van der Waals surface area contributed by atoms with Crippen LogP contribution in [0.25, 0.3) is 0 Å². The molecule has 0 amide bonds. The van der Waals surface area contributed by atoms with Crippen molar-refractivity contribution in [1.82, 2.24) is 0 Å². The van der Waals surface area contributed by atoms with Crippen LogP contribution in [-0.2, 0) is 19.4 Å². The Morgan fingerprint density at radius 1 is 1.37 bits per heavy atom. The van der Waals surface area contributed by atoms with E-state index in [1.807, 2.05) is 0 Å². The number of esters is 1. The van der Waals surface area contributed by atoms with Crippen LogP contribution >= 0.6 is 0 Å². The van der Waals surface area contributed by atoms with Crippen LogP contribution in [0, 0.1) is 5.82 Å². The average Bonchev–Trinajstić information content (AvgIpc) is 2.36. The number of carbonyl (C=O) groups excluding carboxylic acids is 1. The molecular formula is C13H17FO4S. The molecule has 0 N–H and O–H groups in total. The first-order valence-electron chi connectivity index (χ1n) is 6.09. The van der Waals surface area contributed by atoms with Crippen molar-refractivity contribution in [3.8, 4) is 0 Å². The average molecular weight is 288 g/mol. The summed E-state index contributed by atoms with van der Waals surface area (Å²) in [5.41, 5.74) is 0. The smallest absolute Gasteiger partial charge is 0.324 e. The van der Waals surface area contributed by atoms with Gasteiger partial charge in [0.15, 0.2) is 15.1 Å². The minimum Gasteiger partial charge on any atom is -0.465 e. The standard InChI is InChI=1S/C13H17FO4S/c1-3-6-12(13(15)18-4-2)19(16,17)11-8-5-7-10(14)9-11/h5,7-9,12H,3-4,6H2,1-2H3. The van der Waals surface area contributed by atoms with Crippen LogP contribution in [0.15, 0.2) is 29.2 Å². The molecule has 0 aliphatic carbocycles. The molecule has 1 aromatic rings. The summed E-state index contributed by atoms with van der Waals surface area (Å²) in [7, 11) is -3.92. The summed E-state index contributed by atoms with van der Waals surface area (Å²) in [6, 6.07) is 4.64. The van der Waals surface area contributed by atoms with Gasteiger partial charge < -0.3 is 4.74 Å². The van der Waals surface area contributed by atoms with Gasteiger partial charge in [-0.05, 0) is 31.5 Å². The molecule has 1 rings (SSSR count). The highest BCUT2D eigenvalue weighted by Gasteiger charge is 2.34. The van der Waals surface area contributed by atoms with Crippen LogP contribution < -0.4 is 0 Å². The predicted octanol–water partition coefficient (Wildman–Crippen LogP) is 2.33. The molecule has 1 aromatic carbocycles. The lowest BCUT2D eigenvalue weighted by molar-refractivity contribution is -0.142. The SMILES string of the molecule is CCCC(C(=O)OCC)S(=O)(=O)c1cccc(F)c1. The summed E-state index contributed by atoms with van der Waals surface area (Å²) in [6.45, 7) is 3.49. The van der Waals surface area contributed by atoms with Gasteiger partial charge in [-0.25, -0.2) is 12.8 Å². The summed E-state index contributed by atoms with van der Waals surface area (Å²) in [5.74, 6) is -1.44. The van der Waals surface area contributed by atoms with Crippen molar-refractivity contribution < 1.29 is 22.3 Å². The molecule has 4 nitrogen and oxygen atoms in total.